The van der Waals surface area contributed by atoms with Gasteiger partial charge in [0.2, 0.25) is 5.91 Å². The molecule has 110 valence electrons. The lowest BCUT2D eigenvalue weighted by Crippen LogP contribution is -2.21. The molecule has 1 aromatic heterocycles. The highest BCUT2D eigenvalue weighted by Gasteiger charge is 2.12. The van der Waals surface area contributed by atoms with Crippen LogP contribution in [0.1, 0.15) is 10.4 Å². The van der Waals surface area contributed by atoms with Crippen molar-refractivity contribution >= 4 is 17.5 Å². The van der Waals surface area contributed by atoms with Gasteiger partial charge in [-0.3, -0.25) is 9.59 Å². The number of carbonyl (C=O) groups is 2. The van der Waals surface area contributed by atoms with Crippen LogP contribution in [0.25, 0.3) is 0 Å². The number of hydrogen-bond acceptors (Lipinski definition) is 6. The van der Waals surface area contributed by atoms with Crippen LogP contribution in [0, 0.1) is 0 Å². The highest BCUT2D eigenvalue weighted by atomic mass is 16.5. The van der Waals surface area contributed by atoms with E-state index in [1.54, 1.807) is 12.1 Å². The van der Waals surface area contributed by atoms with Crippen LogP contribution in [-0.4, -0.2) is 46.2 Å². The van der Waals surface area contributed by atoms with Gasteiger partial charge in [-0.05, 0) is 28.6 Å². The van der Waals surface area contributed by atoms with Crippen LogP contribution in [0.2, 0.25) is 0 Å². The Kier molecular flexibility index (Phi) is 4.44. The van der Waals surface area contributed by atoms with Gasteiger partial charge in [0.1, 0.15) is 18.6 Å². The van der Waals surface area contributed by atoms with E-state index in [4.69, 9.17) is 4.74 Å². The number of hydrogen-bond donors (Lipinski definition) is 2. The smallest absolute Gasteiger partial charge is 0.251 e. The summed E-state index contributed by atoms with van der Waals surface area (Å²) >= 11 is 0. The molecule has 0 unspecified atom stereocenters. The zero-order valence-electron chi connectivity index (χ0n) is 11.5. The van der Waals surface area contributed by atoms with Crippen LogP contribution in [0.4, 0.5) is 5.69 Å². The van der Waals surface area contributed by atoms with Gasteiger partial charge < -0.3 is 15.4 Å². The van der Waals surface area contributed by atoms with Crippen LogP contribution >= 0.6 is 0 Å². The van der Waals surface area contributed by atoms with Gasteiger partial charge in [-0.1, -0.05) is 0 Å². The maximum absolute atomic E-state index is 11.9. The Morgan fingerprint density at radius 3 is 2.81 bits per heavy atom. The lowest BCUT2D eigenvalue weighted by molar-refractivity contribution is -0.116. The summed E-state index contributed by atoms with van der Waals surface area (Å²) in [7, 11) is 3.01. The average Bonchev–Trinajstić information content (AvgIpc) is 2.99. The van der Waals surface area contributed by atoms with Crippen molar-refractivity contribution in [1.29, 1.82) is 0 Å². The number of nitrogens with zero attached hydrogens (tertiary/aromatic N) is 4. The van der Waals surface area contributed by atoms with Crippen molar-refractivity contribution in [3.63, 3.8) is 0 Å². The van der Waals surface area contributed by atoms with Crippen molar-refractivity contribution in [3.05, 3.63) is 30.1 Å². The normalized spacial score (nSPS) is 10.0. The summed E-state index contributed by atoms with van der Waals surface area (Å²) < 4.78 is 6.44. The fourth-order valence-electron chi connectivity index (χ4n) is 1.68. The van der Waals surface area contributed by atoms with Crippen LogP contribution in [-0.2, 0) is 11.3 Å². The van der Waals surface area contributed by atoms with Gasteiger partial charge in [0.25, 0.3) is 5.91 Å². The Morgan fingerprint density at radius 1 is 1.38 bits per heavy atom. The highest BCUT2D eigenvalue weighted by Crippen LogP contribution is 2.25. The summed E-state index contributed by atoms with van der Waals surface area (Å²) in [6, 6.07) is 4.75. The Morgan fingerprint density at radius 2 is 2.19 bits per heavy atom. The molecule has 2 aromatic rings. The Hall–Kier alpha value is -2.97. The molecule has 2 N–H and O–H groups in total. The Balaban J connectivity index is 2.16. The van der Waals surface area contributed by atoms with E-state index in [2.05, 4.69) is 26.2 Å². The third kappa shape index (κ3) is 3.53. The van der Waals surface area contributed by atoms with Crippen molar-refractivity contribution in [2.24, 2.45) is 0 Å². The Bertz CT molecular complexity index is 640. The highest BCUT2D eigenvalue weighted by molar-refractivity contribution is 5.98. The summed E-state index contributed by atoms with van der Waals surface area (Å²) in [5.41, 5.74) is 0.813. The van der Waals surface area contributed by atoms with Gasteiger partial charge in [0.15, 0.2) is 0 Å². The maximum atomic E-state index is 11.9. The van der Waals surface area contributed by atoms with E-state index in [0.29, 0.717) is 17.0 Å². The molecule has 0 spiro atoms. The monoisotopic (exact) mass is 290 g/mol. The Labute approximate surface area is 120 Å². The number of ether oxygens (including phenoxy) is 1. The number of anilines is 1. The summed E-state index contributed by atoms with van der Waals surface area (Å²) in [5, 5.41) is 15.6. The minimum atomic E-state index is -0.338. The number of benzene rings is 1. The number of nitrogens with one attached hydrogen (secondary N) is 2. The van der Waals surface area contributed by atoms with Crippen LogP contribution in [0.15, 0.2) is 24.5 Å². The molecule has 0 saturated heterocycles. The third-order valence-electron chi connectivity index (χ3n) is 2.66. The predicted octanol–water partition coefficient (Wildman–Crippen LogP) is -0.320. The largest absolute Gasteiger partial charge is 0.495 e. The number of methoxy groups -OCH3 is 1. The molecule has 9 heteroatoms. The third-order valence-corrected chi connectivity index (χ3v) is 2.66. The van der Waals surface area contributed by atoms with Crippen molar-refractivity contribution in [1.82, 2.24) is 25.5 Å². The zero-order chi connectivity index (χ0) is 15.2. The van der Waals surface area contributed by atoms with E-state index in [-0.39, 0.29) is 18.4 Å². The van der Waals surface area contributed by atoms with Crippen LogP contribution in [0.3, 0.4) is 0 Å². The van der Waals surface area contributed by atoms with Crippen molar-refractivity contribution in [3.8, 4) is 5.75 Å². The second kappa shape index (κ2) is 6.46. The lowest BCUT2D eigenvalue weighted by atomic mass is 10.1. The predicted molar refractivity (Wildman–Crippen MR) is 72.8 cm³/mol. The summed E-state index contributed by atoms with van der Waals surface area (Å²) in [4.78, 5) is 23.5. The van der Waals surface area contributed by atoms with E-state index in [9.17, 15) is 9.59 Å². The molecule has 0 aliphatic rings. The molecule has 0 aliphatic carbocycles. The van der Waals surface area contributed by atoms with Gasteiger partial charge in [-0.25, -0.2) is 4.68 Å². The maximum Gasteiger partial charge on any atom is 0.251 e. The molecule has 1 heterocycles. The number of amides is 2. The molecule has 0 saturated carbocycles. The molecule has 2 rings (SSSR count). The molecule has 0 aliphatic heterocycles. The summed E-state index contributed by atoms with van der Waals surface area (Å²) in [6.45, 7) is -0.0413. The van der Waals surface area contributed by atoms with Crippen molar-refractivity contribution < 1.29 is 14.3 Å². The molecular formula is C12H14N6O3. The fraction of sp³-hybridized carbons (Fsp3) is 0.250. The standard InChI is InChI=1S/C12H14N6O3/c1-13-12(20)8-3-4-10(21-2)9(5-8)15-11(19)6-18-7-14-16-17-18/h3-5,7H,6H2,1-2H3,(H,13,20)(H,15,19). The first kappa shape index (κ1) is 14.4. The number of carbonyl (C=O) groups excluding carboxylic acids is 2. The molecular weight excluding hydrogens is 276 g/mol. The number of aromatic nitrogens is 4. The SMILES string of the molecule is CNC(=O)c1ccc(OC)c(NC(=O)Cn2cnnn2)c1. The molecule has 0 fully saturated rings. The van der Waals surface area contributed by atoms with E-state index in [1.807, 2.05) is 0 Å². The minimum Gasteiger partial charge on any atom is -0.495 e. The van der Waals surface area contributed by atoms with E-state index >= 15 is 0 Å². The lowest BCUT2D eigenvalue weighted by Gasteiger charge is -2.11. The second-order valence-electron chi connectivity index (χ2n) is 4.05. The molecule has 0 radical (unpaired) electrons. The van der Waals surface area contributed by atoms with E-state index in [0.717, 1.165) is 0 Å². The molecule has 0 bridgehead atoms. The topological polar surface area (TPSA) is 111 Å². The van der Waals surface area contributed by atoms with Gasteiger partial charge in [-0.15, -0.1) is 5.10 Å². The molecule has 2 amide bonds. The van der Waals surface area contributed by atoms with E-state index in [1.165, 1.54) is 31.2 Å². The van der Waals surface area contributed by atoms with Crippen molar-refractivity contribution in [2.45, 2.75) is 6.54 Å². The van der Waals surface area contributed by atoms with Crippen LogP contribution < -0.4 is 15.4 Å². The van der Waals surface area contributed by atoms with Gasteiger partial charge in [0.05, 0.1) is 12.8 Å². The summed E-state index contributed by atoms with van der Waals surface area (Å²) in [5.74, 6) is -0.143. The minimum absolute atomic E-state index is 0.0413. The molecule has 9 nitrogen and oxygen atoms in total. The first-order valence-electron chi connectivity index (χ1n) is 6.04. The zero-order valence-corrected chi connectivity index (χ0v) is 11.5. The fourth-order valence-corrected chi connectivity index (χ4v) is 1.68. The molecule has 0 atom stereocenters. The number of tetrazole rings is 1. The quantitative estimate of drug-likeness (QED) is 0.780. The average molecular weight is 290 g/mol. The van der Waals surface area contributed by atoms with Crippen molar-refractivity contribution in [2.75, 3.05) is 19.5 Å². The van der Waals surface area contributed by atoms with E-state index < -0.39 is 0 Å². The molecule has 1 aromatic carbocycles. The first-order chi connectivity index (χ1) is 10.1. The number of rotatable bonds is 5. The van der Waals surface area contributed by atoms with Gasteiger partial charge in [0, 0.05) is 12.6 Å². The first-order valence-corrected chi connectivity index (χ1v) is 6.04. The van der Waals surface area contributed by atoms with Crippen LogP contribution in [0.5, 0.6) is 5.75 Å². The summed E-state index contributed by atoms with van der Waals surface area (Å²) in [6.07, 6.45) is 1.33. The molecule has 21 heavy (non-hydrogen) atoms. The van der Waals surface area contributed by atoms with Gasteiger partial charge in [-0.2, -0.15) is 0 Å². The van der Waals surface area contributed by atoms with Gasteiger partial charge >= 0.3 is 0 Å². The second-order valence-corrected chi connectivity index (χ2v) is 4.05.